The summed E-state index contributed by atoms with van der Waals surface area (Å²) in [4.78, 5) is 43.9. The molecule has 2 fully saturated rings. The number of benzene rings is 2. The number of aryl methyl sites for hydroxylation is 1. The van der Waals surface area contributed by atoms with Crippen LogP contribution in [0.5, 0.6) is 28.7 Å². The summed E-state index contributed by atoms with van der Waals surface area (Å²) in [5.74, 6) is -0.0487. The van der Waals surface area contributed by atoms with Crippen LogP contribution in [-0.4, -0.2) is 90.4 Å². The number of phenolic OH excluding ortho intramolecular Hbond substituents is 1. The molecule has 6 heterocycles. The standard InChI is InChI=1S/C39H47N3O10S/c1-7-8-9-10-11-12-27(44)52-26-17-53-38-30-29(37-36(49-18-50-37)20(3)35(30)51-21(4)43)25(16-48-39(26)46)42-24(15-40)23-14-22-13-19(2)34(47-6)33(45)28(22)31(32(38)42)41(23)5/h13,23-26,31-32,38,45H,7-12,14,16-18H2,1-6H3/t23-,24-,25+,26-,31+,32?,38+/m0/s1. The van der Waals surface area contributed by atoms with E-state index >= 15 is 0 Å². The third-order valence-electron chi connectivity index (χ3n) is 11.4. The first-order valence-corrected chi connectivity index (χ1v) is 19.5. The summed E-state index contributed by atoms with van der Waals surface area (Å²) in [5.41, 5.74) is 4.26. The number of unbranched alkanes of at least 4 members (excludes halogenated alkanes) is 4. The fraction of sp³-hybridized carbons (Fsp3) is 0.590. The van der Waals surface area contributed by atoms with Gasteiger partial charge in [-0.2, -0.15) is 5.26 Å². The van der Waals surface area contributed by atoms with Gasteiger partial charge in [0, 0.05) is 53.4 Å². The van der Waals surface area contributed by atoms with E-state index in [0.29, 0.717) is 58.1 Å². The van der Waals surface area contributed by atoms with Gasteiger partial charge in [0.25, 0.3) is 0 Å². The van der Waals surface area contributed by atoms with Gasteiger partial charge < -0.3 is 33.5 Å². The molecule has 284 valence electrons. The lowest BCUT2D eigenvalue weighted by molar-refractivity contribution is -0.169. The average Bonchev–Trinajstić information content (AvgIpc) is 3.61. The fourth-order valence-corrected chi connectivity index (χ4v) is 10.6. The molecule has 4 bridgehead atoms. The van der Waals surface area contributed by atoms with E-state index in [1.807, 2.05) is 27.0 Å². The van der Waals surface area contributed by atoms with Crippen molar-refractivity contribution in [2.24, 2.45) is 0 Å². The zero-order valence-electron chi connectivity index (χ0n) is 31.1. The molecule has 1 N–H and O–H groups in total. The molecule has 8 rings (SSSR count). The van der Waals surface area contributed by atoms with Gasteiger partial charge in [-0.3, -0.25) is 19.4 Å². The molecule has 14 heteroatoms. The minimum absolute atomic E-state index is 0.0274. The topological polar surface area (TPSA) is 157 Å². The van der Waals surface area contributed by atoms with E-state index in [2.05, 4.69) is 22.8 Å². The smallest absolute Gasteiger partial charge is 0.348 e. The quantitative estimate of drug-likeness (QED) is 0.195. The third kappa shape index (κ3) is 6.24. The van der Waals surface area contributed by atoms with Gasteiger partial charge in [0.15, 0.2) is 23.0 Å². The lowest BCUT2D eigenvalue weighted by Gasteiger charge is -2.61. The Bertz CT molecular complexity index is 1860. The summed E-state index contributed by atoms with van der Waals surface area (Å²) in [5, 5.41) is 22.3. The molecular formula is C39H47N3O10S. The maximum Gasteiger partial charge on any atom is 0.348 e. The molecule has 0 aliphatic carbocycles. The molecule has 2 aromatic rings. The number of hydrogen-bond acceptors (Lipinski definition) is 14. The Kier molecular flexibility index (Phi) is 10.5. The highest BCUT2D eigenvalue weighted by atomic mass is 32.2. The Balaban J connectivity index is 1.40. The van der Waals surface area contributed by atoms with Gasteiger partial charge in [-0.05, 0) is 44.9 Å². The van der Waals surface area contributed by atoms with Crippen molar-refractivity contribution >= 4 is 29.7 Å². The monoisotopic (exact) mass is 749 g/mol. The molecule has 6 aliphatic rings. The fourth-order valence-electron chi connectivity index (χ4n) is 9.12. The highest BCUT2D eigenvalue weighted by Crippen LogP contribution is 2.64. The Hall–Kier alpha value is -4.19. The lowest BCUT2D eigenvalue weighted by Crippen LogP contribution is -2.69. The van der Waals surface area contributed by atoms with Crippen LogP contribution in [0.25, 0.3) is 0 Å². The van der Waals surface area contributed by atoms with Gasteiger partial charge in [0.2, 0.25) is 12.9 Å². The first-order chi connectivity index (χ1) is 25.5. The number of esters is 3. The molecule has 7 atom stereocenters. The molecule has 0 radical (unpaired) electrons. The van der Waals surface area contributed by atoms with Crippen LogP contribution in [0.2, 0.25) is 0 Å². The van der Waals surface area contributed by atoms with Crippen molar-refractivity contribution in [3.63, 3.8) is 0 Å². The summed E-state index contributed by atoms with van der Waals surface area (Å²) in [6.45, 7) is 6.89. The summed E-state index contributed by atoms with van der Waals surface area (Å²) >= 11 is 1.37. The molecule has 2 saturated heterocycles. The molecule has 13 nitrogen and oxygen atoms in total. The van der Waals surface area contributed by atoms with Crippen LogP contribution in [0.3, 0.4) is 0 Å². The Morgan fingerprint density at radius 2 is 1.83 bits per heavy atom. The van der Waals surface area contributed by atoms with Crippen LogP contribution in [0.4, 0.5) is 0 Å². The summed E-state index contributed by atoms with van der Waals surface area (Å²) in [6, 6.07) is 1.87. The number of carbonyl (C=O) groups excluding carboxylic acids is 3. The summed E-state index contributed by atoms with van der Waals surface area (Å²) in [7, 11) is 3.49. The second-order valence-electron chi connectivity index (χ2n) is 14.5. The molecular weight excluding hydrogens is 703 g/mol. The van der Waals surface area contributed by atoms with Gasteiger partial charge >= 0.3 is 17.9 Å². The van der Waals surface area contributed by atoms with Crippen LogP contribution in [0.1, 0.15) is 103 Å². The number of likely N-dealkylation sites (N-methyl/N-ethyl adjacent to an activating group) is 1. The van der Waals surface area contributed by atoms with Crippen molar-refractivity contribution in [2.45, 2.75) is 114 Å². The van der Waals surface area contributed by atoms with E-state index in [1.54, 1.807) is 0 Å². The number of nitriles is 1. The van der Waals surface area contributed by atoms with E-state index in [0.717, 1.165) is 36.8 Å². The van der Waals surface area contributed by atoms with E-state index in [1.165, 1.54) is 25.8 Å². The van der Waals surface area contributed by atoms with Crippen molar-refractivity contribution < 1.29 is 47.9 Å². The number of fused-ring (bicyclic) bond motifs is 10. The number of aromatic hydroxyl groups is 1. The van der Waals surface area contributed by atoms with Gasteiger partial charge in [-0.25, -0.2) is 4.79 Å². The van der Waals surface area contributed by atoms with E-state index in [-0.39, 0.29) is 37.4 Å². The second-order valence-corrected chi connectivity index (χ2v) is 15.7. The normalized spacial score (nSPS) is 27.1. The molecule has 0 aromatic heterocycles. The minimum Gasteiger partial charge on any atom is -0.504 e. The molecule has 6 aliphatic heterocycles. The minimum atomic E-state index is -1.19. The maximum absolute atomic E-state index is 13.8. The number of piperazine rings is 1. The zero-order valence-corrected chi connectivity index (χ0v) is 31.9. The lowest BCUT2D eigenvalue weighted by atomic mass is 9.71. The summed E-state index contributed by atoms with van der Waals surface area (Å²) < 4.78 is 35.7. The van der Waals surface area contributed by atoms with Crippen LogP contribution in [0, 0.1) is 25.2 Å². The number of carbonyl (C=O) groups is 3. The number of thioether (sulfide) groups is 1. The van der Waals surface area contributed by atoms with Gasteiger partial charge in [0.1, 0.15) is 18.4 Å². The van der Waals surface area contributed by atoms with Gasteiger partial charge in [-0.1, -0.05) is 38.7 Å². The first kappa shape index (κ1) is 37.1. The van der Waals surface area contributed by atoms with Crippen molar-refractivity contribution in [2.75, 3.05) is 33.3 Å². The summed E-state index contributed by atoms with van der Waals surface area (Å²) in [6.07, 6.45) is 4.26. The van der Waals surface area contributed by atoms with Crippen LogP contribution in [0.15, 0.2) is 6.07 Å². The van der Waals surface area contributed by atoms with Crippen molar-refractivity contribution in [1.82, 2.24) is 9.80 Å². The van der Waals surface area contributed by atoms with Gasteiger partial charge in [-0.15, -0.1) is 11.8 Å². The highest BCUT2D eigenvalue weighted by molar-refractivity contribution is 7.99. The number of rotatable bonds is 9. The molecule has 0 spiro atoms. The average molecular weight is 750 g/mol. The predicted molar refractivity (Wildman–Crippen MR) is 193 cm³/mol. The molecule has 0 saturated carbocycles. The van der Waals surface area contributed by atoms with Crippen molar-refractivity contribution in [3.8, 4) is 34.8 Å². The Morgan fingerprint density at radius 1 is 1.08 bits per heavy atom. The van der Waals surface area contributed by atoms with Crippen LogP contribution < -0.4 is 18.9 Å². The molecule has 2 aromatic carbocycles. The third-order valence-corrected chi connectivity index (χ3v) is 12.7. The first-order valence-electron chi connectivity index (χ1n) is 18.4. The Morgan fingerprint density at radius 3 is 2.55 bits per heavy atom. The van der Waals surface area contributed by atoms with E-state index < -0.39 is 53.4 Å². The Labute approximate surface area is 313 Å². The van der Waals surface area contributed by atoms with E-state index in [4.69, 9.17) is 28.4 Å². The van der Waals surface area contributed by atoms with Crippen molar-refractivity contribution in [1.29, 1.82) is 5.26 Å². The predicted octanol–water partition coefficient (Wildman–Crippen LogP) is 5.50. The van der Waals surface area contributed by atoms with Gasteiger partial charge in [0.05, 0.1) is 30.5 Å². The second kappa shape index (κ2) is 14.9. The maximum atomic E-state index is 13.8. The molecule has 53 heavy (non-hydrogen) atoms. The number of phenols is 1. The largest absolute Gasteiger partial charge is 0.504 e. The molecule has 1 unspecified atom stereocenters. The van der Waals surface area contributed by atoms with Crippen LogP contribution >= 0.6 is 11.8 Å². The van der Waals surface area contributed by atoms with Crippen LogP contribution in [-0.2, 0) is 30.3 Å². The zero-order chi connectivity index (χ0) is 37.7. The number of ether oxygens (including phenoxy) is 6. The SMILES string of the molecule is CCCCCCCC(=O)O[C@H]1CS[C@@H]2c3c(OC(C)=O)c(C)c4c(c3[C@@H](COC1=O)N1C2[C@H]2c3c(cc(C)c(OC)c3O)C[C@@H]([C@@H]1C#N)N2C)OCO4. The highest BCUT2D eigenvalue weighted by Gasteiger charge is 2.60. The number of methoxy groups -OCH3 is 1. The van der Waals surface area contributed by atoms with E-state index in [9.17, 15) is 24.8 Å². The van der Waals surface area contributed by atoms with Crippen molar-refractivity contribution in [3.05, 3.63) is 39.4 Å². The number of nitrogens with zero attached hydrogens (tertiary/aromatic N) is 3. The number of hydrogen-bond donors (Lipinski definition) is 1. The molecule has 0 amide bonds.